The number of benzene rings is 1. The fourth-order valence-electron chi connectivity index (χ4n) is 2.52. The van der Waals surface area contributed by atoms with Crippen molar-refractivity contribution in [2.75, 3.05) is 0 Å². The molecule has 0 saturated heterocycles. The molecule has 1 heterocycles. The summed E-state index contributed by atoms with van der Waals surface area (Å²) in [6, 6.07) is 11.4. The molecule has 0 amide bonds. The van der Waals surface area contributed by atoms with Gasteiger partial charge in [0.2, 0.25) is 0 Å². The molecule has 0 spiro atoms. The first-order valence-electron chi connectivity index (χ1n) is 6.21. The van der Waals surface area contributed by atoms with E-state index in [4.69, 9.17) is 0 Å². The number of hydrogen-bond acceptors (Lipinski definition) is 2. The molecule has 1 N–H and O–H groups in total. The monoisotopic (exact) mass is 302 g/mol. The van der Waals surface area contributed by atoms with Crippen molar-refractivity contribution in [3.05, 3.63) is 63.9 Å². The topological polar surface area (TPSA) is 24.9 Å². The van der Waals surface area contributed by atoms with Crippen LogP contribution in [-0.4, -0.2) is 11.0 Å². The molecule has 0 atom stereocenters. The summed E-state index contributed by atoms with van der Waals surface area (Å²) >= 11 is 3.45. The van der Waals surface area contributed by atoms with E-state index in [-0.39, 0.29) is 0 Å². The lowest BCUT2D eigenvalue weighted by molar-refractivity contribution is 0.532. The molecule has 0 unspecified atom stereocenters. The molecule has 1 aromatic heterocycles. The standard InChI is InChI=1S/C15H15BrN2/c16-14-5-11(8-17-10-14)9-18-15-6-12-3-1-2-4-13(12)7-15/h1-5,8,10,15,18H,6-7,9H2. The molecule has 1 aromatic carbocycles. The highest BCUT2D eigenvalue weighted by Gasteiger charge is 2.19. The molecule has 0 aliphatic heterocycles. The molecule has 92 valence electrons. The van der Waals surface area contributed by atoms with E-state index in [1.807, 2.05) is 12.4 Å². The predicted molar refractivity (Wildman–Crippen MR) is 76.4 cm³/mol. The summed E-state index contributed by atoms with van der Waals surface area (Å²) in [7, 11) is 0. The summed E-state index contributed by atoms with van der Waals surface area (Å²) in [4.78, 5) is 4.18. The lowest BCUT2D eigenvalue weighted by atomic mass is 10.1. The summed E-state index contributed by atoms with van der Waals surface area (Å²) in [5.41, 5.74) is 4.20. The Hall–Kier alpha value is -1.19. The van der Waals surface area contributed by atoms with Gasteiger partial charge < -0.3 is 5.32 Å². The third-order valence-electron chi connectivity index (χ3n) is 3.41. The number of rotatable bonds is 3. The summed E-state index contributed by atoms with van der Waals surface area (Å²) in [5.74, 6) is 0. The van der Waals surface area contributed by atoms with Crippen LogP contribution in [0.4, 0.5) is 0 Å². The van der Waals surface area contributed by atoms with Gasteiger partial charge in [0.1, 0.15) is 0 Å². The van der Waals surface area contributed by atoms with Crippen LogP contribution in [-0.2, 0) is 19.4 Å². The maximum absolute atomic E-state index is 4.18. The van der Waals surface area contributed by atoms with Crippen molar-refractivity contribution < 1.29 is 0 Å². The van der Waals surface area contributed by atoms with Gasteiger partial charge in [-0.3, -0.25) is 4.98 Å². The lowest BCUT2D eigenvalue weighted by Crippen LogP contribution is -2.28. The fraction of sp³-hybridized carbons (Fsp3) is 0.267. The SMILES string of the molecule is Brc1cncc(CNC2Cc3ccccc3C2)c1. The molecule has 3 rings (SSSR count). The Morgan fingerprint density at radius 1 is 1.17 bits per heavy atom. The van der Waals surface area contributed by atoms with Gasteiger partial charge in [-0.15, -0.1) is 0 Å². The molecular formula is C15H15BrN2. The van der Waals surface area contributed by atoms with Gasteiger partial charge >= 0.3 is 0 Å². The van der Waals surface area contributed by atoms with E-state index in [0.29, 0.717) is 6.04 Å². The Morgan fingerprint density at radius 2 is 1.89 bits per heavy atom. The van der Waals surface area contributed by atoms with Crippen LogP contribution >= 0.6 is 15.9 Å². The van der Waals surface area contributed by atoms with Crippen molar-refractivity contribution in [1.29, 1.82) is 0 Å². The van der Waals surface area contributed by atoms with Crippen molar-refractivity contribution in [2.24, 2.45) is 0 Å². The number of fused-ring (bicyclic) bond motifs is 1. The minimum atomic E-state index is 0.557. The summed E-state index contributed by atoms with van der Waals surface area (Å²) in [6.45, 7) is 0.880. The molecule has 1 aliphatic carbocycles. The average Bonchev–Trinajstić information content (AvgIpc) is 2.79. The Morgan fingerprint density at radius 3 is 2.56 bits per heavy atom. The zero-order chi connectivity index (χ0) is 12.4. The number of pyridine rings is 1. The van der Waals surface area contributed by atoms with Crippen LogP contribution in [0.25, 0.3) is 0 Å². The highest BCUT2D eigenvalue weighted by atomic mass is 79.9. The highest BCUT2D eigenvalue weighted by Crippen LogP contribution is 2.22. The molecule has 1 aliphatic rings. The minimum absolute atomic E-state index is 0.557. The molecule has 0 saturated carbocycles. The van der Waals surface area contributed by atoms with Crippen LogP contribution in [0.3, 0.4) is 0 Å². The van der Waals surface area contributed by atoms with E-state index >= 15 is 0 Å². The first kappa shape index (κ1) is 11.9. The first-order valence-corrected chi connectivity index (χ1v) is 7.00. The molecule has 18 heavy (non-hydrogen) atoms. The second kappa shape index (κ2) is 5.21. The molecule has 0 fully saturated rings. The fourth-order valence-corrected chi connectivity index (χ4v) is 2.93. The van der Waals surface area contributed by atoms with Crippen LogP contribution < -0.4 is 5.32 Å². The average molecular weight is 303 g/mol. The third-order valence-corrected chi connectivity index (χ3v) is 3.84. The molecule has 2 aromatic rings. The molecule has 2 nitrogen and oxygen atoms in total. The van der Waals surface area contributed by atoms with Crippen molar-refractivity contribution in [3.63, 3.8) is 0 Å². The van der Waals surface area contributed by atoms with E-state index in [1.54, 1.807) is 0 Å². The van der Waals surface area contributed by atoms with E-state index in [9.17, 15) is 0 Å². The van der Waals surface area contributed by atoms with Gasteiger partial charge in [0.15, 0.2) is 0 Å². The molecular weight excluding hydrogens is 288 g/mol. The molecule has 3 heteroatoms. The number of hydrogen-bond donors (Lipinski definition) is 1. The maximum atomic E-state index is 4.18. The van der Waals surface area contributed by atoms with E-state index in [0.717, 1.165) is 23.9 Å². The van der Waals surface area contributed by atoms with Gasteiger partial charge in [-0.25, -0.2) is 0 Å². The second-order valence-electron chi connectivity index (χ2n) is 4.77. The van der Waals surface area contributed by atoms with Crippen molar-refractivity contribution in [1.82, 2.24) is 10.3 Å². The summed E-state index contributed by atoms with van der Waals surface area (Å²) < 4.78 is 1.04. The zero-order valence-corrected chi connectivity index (χ0v) is 11.7. The summed E-state index contributed by atoms with van der Waals surface area (Å²) in [5, 5.41) is 3.61. The highest BCUT2D eigenvalue weighted by molar-refractivity contribution is 9.10. The van der Waals surface area contributed by atoms with Gasteiger partial charge in [0.05, 0.1) is 0 Å². The largest absolute Gasteiger partial charge is 0.309 e. The zero-order valence-electron chi connectivity index (χ0n) is 10.1. The normalized spacial score (nSPS) is 14.7. The number of nitrogens with one attached hydrogen (secondary N) is 1. The maximum Gasteiger partial charge on any atom is 0.0410 e. The number of nitrogens with zero attached hydrogens (tertiary/aromatic N) is 1. The second-order valence-corrected chi connectivity index (χ2v) is 5.68. The quantitative estimate of drug-likeness (QED) is 0.942. The van der Waals surface area contributed by atoms with Crippen molar-refractivity contribution >= 4 is 15.9 Å². The van der Waals surface area contributed by atoms with Gasteiger partial charge in [-0.1, -0.05) is 24.3 Å². The van der Waals surface area contributed by atoms with Crippen LogP contribution in [0.15, 0.2) is 47.2 Å². The van der Waals surface area contributed by atoms with E-state index < -0.39 is 0 Å². The van der Waals surface area contributed by atoms with Gasteiger partial charge in [-0.2, -0.15) is 0 Å². The Labute approximate surface area is 116 Å². The van der Waals surface area contributed by atoms with Gasteiger partial charge in [0.25, 0.3) is 0 Å². The Balaban J connectivity index is 1.60. The van der Waals surface area contributed by atoms with E-state index in [1.165, 1.54) is 16.7 Å². The predicted octanol–water partition coefficient (Wildman–Crippen LogP) is 3.10. The lowest BCUT2D eigenvalue weighted by Gasteiger charge is -2.11. The molecule has 0 bridgehead atoms. The van der Waals surface area contributed by atoms with Gasteiger partial charge in [-0.05, 0) is 51.5 Å². The van der Waals surface area contributed by atoms with Crippen LogP contribution in [0.5, 0.6) is 0 Å². The smallest absolute Gasteiger partial charge is 0.0410 e. The van der Waals surface area contributed by atoms with E-state index in [2.05, 4.69) is 56.6 Å². The van der Waals surface area contributed by atoms with Crippen molar-refractivity contribution in [3.8, 4) is 0 Å². The van der Waals surface area contributed by atoms with Crippen LogP contribution in [0, 0.1) is 0 Å². The van der Waals surface area contributed by atoms with Gasteiger partial charge in [0, 0.05) is 29.5 Å². The Kier molecular flexibility index (Phi) is 3.43. The van der Waals surface area contributed by atoms with Crippen LogP contribution in [0.2, 0.25) is 0 Å². The number of aromatic nitrogens is 1. The minimum Gasteiger partial charge on any atom is -0.309 e. The Bertz CT molecular complexity index is 529. The van der Waals surface area contributed by atoms with Crippen molar-refractivity contribution in [2.45, 2.75) is 25.4 Å². The molecule has 0 radical (unpaired) electrons. The first-order chi connectivity index (χ1) is 8.81. The van der Waals surface area contributed by atoms with Crippen LogP contribution in [0.1, 0.15) is 16.7 Å². The third kappa shape index (κ3) is 2.62. The number of halogens is 1. The summed E-state index contributed by atoms with van der Waals surface area (Å²) in [6.07, 6.45) is 6.00.